The Balaban J connectivity index is 2.72. The van der Waals surface area contributed by atoms with Crippen molar-refractivity contribution in [2.45, 2.75) is 2.14 Å². The summed E-state index contributed by atoms with van der Waals surface area (Å²) in [6, 6.07) is 11.0. The van der Waals surface area contributed by atoms with Gasteiger partial charge in [0.15, 0.2) is 2.14 Å². The van der Waals surface area contributed by atoms with Crippen molar-refractivity contribution in [2.75, 3.05) is 0 Å². The zero-order valence-corrected chi connectivity index (χ0v) is 14.3. The Kier molecular flexibility index (Phi) is 4.25. The molecule has 0 aliphatic carbocycles. The molecule has 0 spiro atoms. The molecule has 2 aromatic rings. The van der Waals surface area contributed by atoms with Crippen LogP contribution < -0.4 is 0 Å². The lowest BCUT2D eigenvalue weighted by atomic mass is 10.2. The Bertz CT molecular complexity index is 727. The molecule has 0 fully saturated rings. The maximum atomic E-state index is 11.3. The van der Waals surface area contributed by atoms with Gasteiger partial charge in [-0.05, 0) is 12.1 Å². The fourth-order valence-electron chi connectivity index (χ4n) is 1.52. The fourth-order valence-corrected chi connectivity index (χ4v) is 3.79. The van der Waals surface area contributed by atoms with E-state index in [0.717, 1.165) is 10.9 Å². The molecule has 7 heteroatoms. The SMILES string of the molecule is O=S(=O)=C(c1ccc2ccccc2n1)C(Br)(Br)Br. The first kappa shape index (κ1) is 14.2. The Morgan fingerprint density at radius 1 is 1.06 bits per heavy atom. The number of hydrogen-bond acceptors (Lipinski definition) is 3. The van der Waals surface area contributed by atoms with Crippen molar-refractivity contribution in [1.29, 1.82) is 0 Å². The van der Waals surface area contributed by atoms with E-state index in [4.69, 9.17) is 0 Å². The van der Waals surface area contributed by atoms with Crippen LogP contribution in [0, 0.1) is 0 Å². The highest BCUT2D eigenvalue weighted by Crippen LogP contribution is 2.37. The molecule has 0 aliphatic rings. The number of benzene rings is 1. The van der Waals surface area contributed by atoms with Gasteiger partial charge >= 0.3 is 0 Å². The van der Waals surface area contributed by atoms with Crippen LogP contribution in [-0.2, 0) is 10.3 Å². The molecule has 0 bridgehead atoms. The lowest BCUT2D eigenvalue weighted by Crippen LogP contribution is -2.20. The Labute approximate surface area is 131 Å². The van der Waals surface area contributed by atoms with E-state index in [1.807, 2.05) is 30.3 Å². The minimum absolute atomic E-state index is 0.0910. The highest BCUT2D eigenvalue weighted by molar-refractivity contribution is 9.40. The van der Waals surface area contributed by atoms with E-state index in [9.17, 15) is 8.42 Å². The first-order valence-electron chi connectivity index (χ1n) is 4.79. The highest BCUT2D eigenvalue weighted by Gasteiger charge is 2.30. The van der Waals surface area contributed by atoms with Gasteiger partial charge in [-0.1, -0.05) is 72.1 Å². The molecule has 0 saturated heterocycles. The third-order valence-electron chi connectivity index (χ3n) is 2.26. The first-order chi connectivity index (χ1) is 8.39. The van der Waals surface area contributed by atoms with Crippen molar-refractivity contribution in [3.63, 3.8) is 0 Å². The van der Waals surface area contributed by atoms with E-state index in [1.165, 1.54) is 0 Å². The number of alkyl halides is 3. The van der Waals surface area contributed by atoms with Crippen molar-refractivity contribution < 1.29 is 8.42 Å². The van der Waals surface area contributed by atoms with Gasteiger partial charge in [-0.15, -0.1) is 0 Å². The second kappa shape index (κ2) is 5.40. The van der Waals surface area contributed by atoms with Gasteiger partial charge in [0.25, 0.3) is 0 Å². The lowest BCUT2D eigenvalue weighted by molar-refractivity contribution is 0.627. The van der Waals surface area contributed by atoms with Crippen LogP contribution in [0.2, 0.25) is 0 Å². The predicted octanol–water partition coefficient (Wildman–Crippen LogP) is 3.47. The van der Waals surface area contributed by atoms with Gasteiger partial charge in [0.05, 0.1) is 11.2 Å². The molecule has 0 saturated carbocycles. The highest BCUT2D eigenvalue weighted by atomic mass is 80.0. The number of rotatable bonds is 1. The molecule has 3 nitrogen and oxygen atoms in total. The van der Waals surface area contributed by atoms with Gasteiger partial charge in [0.2, 0.25) is 10.3 Å². The minimum atomic E-state index is -2.40. The molecule has 0 aliphatic heterocycles. The summed E-state index contributed by atoms with van der Waals surface area (Å²) in [5.41, 5.74) is 1.13. The molecular weight excluding hydrogens is 450 g/mol. The number of para-hydroxylation sites is 1. The molecule has 94 valence electrons. The van der Waals surface area contributed by atoms with Crippen LogP contribution in [0.1, 0.15) is 5.69 Å². The third-order valence-corrected chi connectivity index (χ3v) is 5.08. The Morgan fingerprint density at radius 2 is 1.72 bits per heavy atom. The van der Waals surface area contributed by atoms with Gasteiger partial charge in [-0.25, -0.2) is 4.98 Å². The van der Waals surface area contributed by atoms with E-state index in [2.05, 4.69) is 52.8 Å². The van der Waals surface area contributed by atoms with Crippen LogP contribution in [0.4, 0.5) is 0 Å². The van der Waals surface area contributed by atoms with Gasteiger partial charge in [-0.2, -0.15) is 8.42 Å². The van der Waals surface area contributed by atoms with Gasteiger partial charge in [0, 0.05) is 5.39 Å². The summed E-state index contributed by atoms with van der Waals surface area (Å²) < 4.78 is 21.6. The Morgan fingerprint density at radius 3 is 2.33 bits per heavy atom. The maximum Gasteiger partial charge on any atom is 0.222 e. The van der Waals surface area contributed by atoms with Crippen LogP contribution in [0.15, 0.2) is 36.4 Å². The van der Waals surface area contributed by atoms with Crippen molar-refractivity contribution in [2.24, 2.45) is 0 Å². The van der Waals surface area contributed by atoms with E-state index >= 15 is 0 Å². The molecule has 0 N–H and O–H groups in total. The van der Waals surface area contributed by atoms with Gasteiger partial charge in [-0.3, -0.25) is 0 Å². The van der Waals surface area contributed by atoms with Gasteiger partial charge < -0.3 is 0 Å². The van der Waals surface area contributed by atoms with Crippen molar-refractivity contribution in [1.82, 2.24) is 4.98 Å². The normalized spacial score (nSPS) is 11.5. The summed E-state index contributed by atoms with van der Waals surface area (Å²) in [4.78, 5) is 4.43. The summed E-state index contributed by atoms with van der Waals surface area (Å²) in [5.74, 6) is 0. The molecule has 0 atom stereocenters. The summed E-state index contributed by atoms with van der Waals surface area (Å²) in [6.45, 7) is 0. The number of halogens is 3. The number of fused-ring (bicyclic) bond motifs is 1. The smallest absolute Gasteiger partial charge is 0.222 e. The first-order valence-corrected chi connectivity index (χ1v) is 8.24. The molecule has 0 amide bonds. The largest absolute Gasteiger partial charge is 0.247 e. The van der Waals surface area contributed by atoms with E-state index in [0.29, 0.717) is 5.69 Å². The van der Waals surface area contributed by atoms with Crippen LogP contribution in [-0.4, -0.2) is 20.4 Å². The predicted molar refractivity (Wildman–Crippen MR) is 84.3 cm³/mol. The average molecular weight is 456 g/mol. The maximum absolute atomic E-state index is 11.3. The molecular formula is C11H6Br3NO2S. The third kappa shape index (κ3) is 3.01. The number of hydrogen-bond donors (Lipinski definition) is 0. The molecule has 18 heavy (non-hydrogen) atoms. The molecule has 1 aromatic carbocycles. The molecule has 1 heterocycles. The summed E-state index contributed by atoms with van der Waals surface area (Å²) in [7, 11) is -2.40. The van der Waals surface area contributed by atoms with Crippen LogP contribution >= 0.6 is 47.8 Å². The quantitative estimate of drug-likeness (QED) is 0.376. The van der Waals surface area contributed by atoms with Gasteiger partial charge in [0.1, 0.15) is 4.86 Å². The lowest BCUT2D eigenvalue weighted by Gasteiger charge is -2.12. The van der Waals surface area contributed by atoms with Crippen LogP contribution in [0.3, 0.4) is 0 Å². The van der Waals surface area contributed by atoms with Crippen LogP contribution in [0.5, 0.6) is 0 Å². The van der Waals surface area contributed by atoms with E-state index in [-0.39, 0.29) is 4.86 Å². The van der Waals surface area contributed by atoms with Crippen LogP contribution in [0.25, 0.3) is 10.9 Å². The van der Waals surface area contributed by atoms with Crippen molar-refractivity contribution in [3.05, 3.63) is 42.1 Å². The summed E-state index contributed by atoms with van der Waals surface area (Å²) in [6.07, 6.45) is 0. The molecule has 0 unspecified atom stereocenters. The molecule has 0 radical (unpaired) electrons. The number of nitrogens with zero attached hydrogens (tertiary/aromatic N) is 1. The van der Waals surface area contributed by atoms with E-state index in [1.54, 1.807) is 6.07 Å². The zero-order chi connectivity index (χ0) is 13.3. The summed E-state index contributed by atoms with van der Waals surface area (Å²) in [5, 5.41) is 0.960. The fraction of sp³-hybridized carbons (Fsp3) is 0.0909. The standard InChI is InChI=1S/C11H6Br3NO2S/c12-11(13,14)10(18(16)17)9-6-5-7-3-1-2-4-8(7)15-9/h1-6H. The zero-order valence-electron chi connectivity index (χ0n) is 8.77. The topological polar surface area (TPSA) is 47.0 Å². The van der Waals surface area contributed by atoms with Crippen molar-refractivity contribution in [3.8, 4) is 0 Å². The average Bonchev–Trinajstić information content (AvgIpc) is 2.26. The Hall–Kier alpha value is -0.240. The number of aromatic nitrogens is 1. The molecule has 2 rings (SSSR count). The van der Waals surface area contributed by atoms with E-state index < -0.39 is 12.4 Å². The second-order valence-electron chi connectivity index (χ2n) is 3.45. The summed E-state index contributed by atoms with van der Waals surface area (Å²) >= 11 is 9.63. The molecule has 1 aromatic heterocycles. The minimum Gasteiger partial charge on any atom is -0.247 e. The second-order valence-corrected chi connectivity index (χ2v) is 11.1. The van der Waals surface area contributed by atoms with Crippen molar-refractivity contribution >= 4 is 73.9 Å². The number of pyridine rings is 1. The monoisotopic (exact) mass is 453 g/mol.